The van der Waals surface area contributed by atoms with Gasteiger partial charge in [-0.1, -0.05) is 12.1 Å². The Morgan fingerprint density at radius 3 is 2.77 bits per heavy atom. The molecule has 0 radical (unpaired) electrons. The Kier molecular flexibility index (Phi) is 4.07. The van der Waals surface area contributed by atoms with Gasteiger partial charge in [0, 0.05) is 0 Å². The van der Waals surface area contributed by atoms with E-state index in [1.807, 2.05) is 0 Å². The molecule has 0 aliphatic rings. The van der Waals surface area contributed by atoms with Crippen LogP contribution in [0.25, 0.3) is 28.4 Å². The summed E-state index contributed by atoms with van der Waals surface area (Å²) >= 11 is 0. The SMILES string of the molecule is Cc1ccc(C(=O)c2c(O)c(O)n(-c3nc4nc[nH]c4c[nH+]3)c2-c2ccccc2F)o1. The van der Waals surface area contributed by atoms with E-state index < -0.39 is 23.2 Å². The number of fused-ring (bicyclic) bond motifs is 1. The fourth-order valence-electron chi connectivity index (χ4n) is 3.43. The zero-order valence-electron chi connectivity index (χ0n) is 16.0. The third-order valence-electron chi connectivity index (χ3n) is 4.86. The van der Waals surface area contributed by atoms with Gasteiger partial charge in [-0.3, -0.25) is 4.79 Å². The molecule has 4 N–H and O–H groups in total. The number of hydrogen-bond donors (Lipinski definition) is 3. The number of halogens is 1. The second-order valence-corrected chi connectivity index (χ2v) is 6.81. The smallest absolute Gasteiger partial charge is 0.406 e. The van der Waals surface area contributed by atoms with E-state index in [9.17, 15) is 19.4 Å². The average Bonchev–Trinajstić information content (AvgIpc) is 3.46. The van der Waals surface area contributed by atoms with Crippen molar-refractivity contribution < 1.29 is 28.8 Å². The number of aromatic amines is 2. The molecule has 0 aliphatic carbocycles. The molecule has 154 valence electrons. The minimum Gasteiger partial charge on any atom is -0.501 e. The van der Waals surface area contributed by atoms with Crippen molar-refractivity contribution in [2.24, 2.45) is 0 Å². The van der Waals surface area contributed by atoms with Gasteiger partial charge in [0.2, 0.25) is 11.5 Å². The van der Waals surface area contributed by atoms with Crippen molar-refractivity contribution in [3.63, 3.8) is 0 Å². The molecule has 0 unspecified atom stereocenters. The van der Waals surface area contributed by atoms with E-state index in [0.29, 0.717) is 16.9 Å². The number of carbonyl (C=O) groups excluding carboxylic acids is 1. The molecule has 0 aliphatic heterocycles. The lowest BCUT2D eigenvalue weighted by Crippen LogP contribution is -2.17. The molecular formula is C21H15FN5O4+. The summed E-state index contributed by atoms with van der Waals surface area (Å²) in [7, 11) is 0. The van der Waals surface area contributed by atoms with Crippen LogP contribution in [-0.2, 0) is 0 Å². The van der Waals surface area contributed by atoms with Gasteiger partial charge in [0.25, 0.3) is 5.65 Å². The molecule has 31 heavy (non-hydrogen) atoms. The Balaban J connectivity index is 1.84. The highest BCUT2D eigenvalue weighted by molar-refractivity contribution is 6.13. The van der Waals surface area contributed by atoms with Crippen LogP contribution in [0.1, 0.15) is 21.9 Å². The maximum Gasteiger partial charge on any atom is 0.406 e. The molecule has 1 aromatic carbocycles. The van der Waals surface area contributed by atoms with Crippen LogP contribution in [-0.4, -0.2) is 35.5 Å². The molecule has 4 aromatic heterocycles. The molecule has 5 aromatic rings. The van der Waals surface area contributed by atoms with Crippen LogP contribution >= 0.6 is 0 Å². The molecule has 0 saturated heterocycles. The number of imidazole rings is 1. The van der Waals surface area contributed by atoms with Crippen LogP contribution in [0.4, 0.5) is 4.39 Å². The molecule has 4 heterocycles. The third-order valence-corrected chi connectivity index (χ3v) is 4.86. The Morgan fingerprint density at radius 1 is 1.23 bits per heavy atom. The second kappa shape index (κ2) is 6.80. The zero-order chi connectivity index (χ0) is 21.7. The number of furan rings is 1. The molecule has 0 bridgehead atoms. The maximum absolute atomic E-state index is 14.8. The lowest BCUT2D eigenvalue weighted by molar-refractivity contribution is -0.375. The highest BCUT2D eigenvalue weighted by Gasteiger charge is 2.37. The predicted octanol–water partition coefficient (Wildman–Crippen LogP) is 2.91. The highest BCUT2D eigenvalue weighted by atomic mass is 19.1. The van der Waals surface area contributed by atoms with Crippen molar-refractivity contribution in [3.05, 3.63) is 71.8 Å². The number of aromatic nitrogens is 5. The summed E-state index contributed by atoms with van der Waals surface area (Å²) in [6.07, 6.45) is 2.98. The van der Waals surface area contributed by atoms with Crippen LogP contribution < -0.4 is 4.98 Å². The fraction of sp³-hybridized carbons (Fsp3) is 0.0476. The summed E-state index contributed by atoms with van der Waals surface area (Å²) in [4.78, 5) is 27.3. The summed E-state index contributed by atoms with van der Waals surface area (Å²) in [6.45, 7) is 1.66. The summed E-state index contributed by atoms with van der Waals surface area (Å²) in [5, 5.41) is 21.5. The first-order valence-electron chi connectivity index (χ1n) is 9.20. The maximum atomic E-state index is 14.8. The molecule has 9 nitrogen and oxygen atoms in total. The van der Waals surface area contributed by atoms with E-state index in [4.69, 9.17) is 4.42 Å². The van der Waals surface area contributed by atoms with Crippen LogP contribution in [0.3, 0.4) is 0 Å². The van der Waals surface area contributed by atoms with Gasteiger partial charge in [-0.15, -0.1) is 0 Å². The van der Waals surface area contributed by atoms with Gasteiger partial charge in [-0.25, -0.2) is 14.4 Å². The van der Waals surface area contributed by atoms with Gasteiger partial charge in [0.15, 0.2) is 5.76 Å². The van der Waals surface area contributed by atoms with Crippen molar-refractivity contribution in [2.75, 3.05) is 0 Å². The van der Waals surface area contributed by atoms with Crippen molar-refractivity contribution in [2.45, 2.75) is 6.92 Å². The minimum absolute atomic E-state index is 0.0142. The first kappa shape index (κ1) is 18.6. The minimum atomic E-state index is -0.727. The van der Waals surface area contributed by atoms with E-state index in [1.165, 1.54) is 30.6 Å². The fourth-order valence-corrected chi connectivity index (χ4v) is 3.43. The Bertz CT molecular complexity index is 1470. The molecule has 0 atom stereocenters. The molecule has 0 spiro atoms. The Hall–Kier alpha value is -4.47. The molecule has 0 fully saturated rings. The summed E-state index contributed by atoms with van der Waals surface area (Å²) < 4.78 is 21.3. The lowest BCUT2D eigenvalue weighted by Gasteiger charge is -2.06. The Morgan fingerprint density at radius 2 is 2.03 bits per heavy atom. The normalized spacial score (nSPS) is 11.3. The largest absolute Gasteiger partial charge is 0.501 e. The van der Waals surface area contributed by atoms with Crippen LogP contribution in [0, 0.1) is 12.7 Å². The van der Waals surface area contributed by atoms with Crippen molar-refractivity contribution in [1.29, 1.82) is 0 Å². The number of nitrogens with zero attached hydrogens (tertiary/aromatic N) is 3. The van der Waals surface area contributed by atoms with Gasteiger partial charge in [0.1, 0.15) is 28.4 Å². The van der Waals surface area contributed by atoms with Crippen LogP contribution in [0.15, 0.2) is 53.3 Å². The number of aromatic hydroxyl groups is 2. The summed E-state index contributed by atoms with van der Waals surface area (Å²) in [5.74, 6) is -2.37. The van der Waals surface area contributed by atoms with Crippen molar-refractivity contribution in [3.8, 4) is 28.8 Å². The van der Waals surface area contributed by atoms with Gasteiger partial charge in [-0.05, 0) is 36.2 Å². The number of benzene rings is 1. The number of carbonyl (C=O) groups is 1. The van der Waals surface area contributed by atoms with Crippen molar-refractivity contribution >= 4 is 16.9 Å². The van der Waals surface area contributed by atoms with E-state index in [2.05, 4.69) is 19.9 Å². The standard InChI is InChI=1S/C21H14FN5O4/c1-10-6-7-14(31-10)17(28)15-16(11-4-2-3-5-12(11)22)27(20(30)18(15)29)21-23-8-13-19(26-21)25-9-24-13/h2-9,29-30H,1H3,(H,23,24,25,26)/p+1. The molecular weight excluding hydrogens is 405 g/mol. The third kappa shape index (κ3) is 2.84. The van der Waals surface area contributed by atoms with Gasteiger partial charge in [0.05, 0.1) is 18.1 Å². The number of aryl methyl sites for hydroxylation is 1. The summed E-state index contributed by atoms with van der Waals surface area (Å²) in [6, 6.07) is 8.73. The highest BCUT2D eigenvalue weighted by Crippen LogP contribution is 2.43. The molecule has 0 amide bonds. The number of ketones is 1. The molecule has 10 heteroatoms. The van der Waals surface area contributed by atoms with Crippen LogP contribution in [0.2, 0.25) is 0 Å². The zero-order valence-corrected chi connectivity index (χ0v) is 16.0. The van der Waals surface area contributed by atoms with E-state index in [0.717, 1.165) is 4.57 Å². The Labute approximate surface area is 173 Å². The lowest BCUT2D eigenvalue weighted by atomic mass is 10.0. The number of hydrogen-bond acceptors (Lipinski definition) is 6. The molecule has 0 saturated carbocycles. The first-order chi connectivity index (χ1) is 15.0. The molecule has 5 rings (SSSR count). The average molecular weight is 420 g/mol. The quantitative estimate of drug-likeness (QED) is 0.383. The van der Waals surface area contributed by atoms with Gasteiger partial charge < -0.3 is 19.6 Å². The predicted molar refractivity (Wildman–Crippen MR) is 105 cm³/mol. The van der Waals surface area contributed by atoms with E-state index in [1.54, 1.807) is 25.3 Å². The van der Waals surface area contributed by atoms with Gasteiger partial charge >= 0.3 is 11.8 Å². The topological polar surface area (TPSA) is 131 Å². The monoisotopic (exact) mass is 420 g/mol. The van der Waals surface area contributed by atoms with E-state index in [-0.39, 0.29) is 28.5 Å². The second-order valence-electron chi connectivity index (χ2n) is 6.81. The van der Waals surface area contributed by atoms with Crippen molar-refractivity contribution in [1.82, 2.24) is 19.5 Å². The number of H-pyrrole nitrogens is 2. The van der Waals surface area contributed by atoms with Gasteiger partial charge in [-0.2, -0.15) is 4.57 Å². The van der Waals surface area contributed by atoms with Crippen LogP contribution in [0.5, 0.6) is 11.6 Å². The number of rotatable bonds is 4. The number of nitrogens with one attached hydrogen (secondary N) is 2. The first-order valence-corrected chi connectivity index (χ1v) is 9.20. The summed E-state index contributed by atoms with van der Waals surface area (Å²) in [5.41, 5.74) is 0.465. The van der Waals surface area contributed by atoms with E-state index >= 15 is 0 Å².